The fourth-order valence-corrected chi connectivity index (χ4v) is 2.72. The van der Waals surface area contributed by atoms with E-state index in [4.69, 9.17) is 11.6 Å². The summed E-state index contributed by atoms with van der Waals surface area (Å²) < 4.78 is 0. The number of carbonyl (C=O) groups is 1. The first kappa shape index (κ1) is 14.0. The van der Waals surface area contributed by atoms with Crippen molar-refractivity contribution in [2.24, 2.45) is 0 Å². The average molecular weight is 295 g/mol. The number of hydrogen-bond donors (Lipinski definition) is 2. The zero-order valence-corrected chi connectivity index (χ0v) is 12.4. The highest BCUT2D eigenvalue weighted by molar-refractivity contribution is 7.99. The number of halogens is 1. The Balaban J connectivity index is 2.20. The summed E-state index contributed by atoms with van der Waals surface area (Å²) in [6.07, 6.45) is 1.86. The third-order valence-corrected chi connectivity index (χ3v) is 3.81. The number of amides is 1. The molecule has 0 aliphatic rings. The van der Waals surface area contributed by atoms with Gasteiger partial charge in [-0.25, -0.2) is 0 Å². The minimum Gasteiger partial charge on any atom is -0.356 e. The molecule has 0 saturated carbocycles. The lowest BCUT2D eigenvalue weighted by Gasteiger charge is -2.07. The van der Waals surface area contributed by atoms with Gasteiger partial charge in [-0.15, -0.1) is 11.8 Å². The van der Waals surface area contributed by atoms with Gasteiger partial charge in [-0.2, -0.15) is 0 Å². The Kier molecular flexibility index (Phi) is 4.56. The van der Waals surface area contributed by atoms with Crippen molar-refractivity contribution in [3.63, 3.8) is 0 Å². The molecule has 2 N–H and O–H groups in total. The number of anilines is 1. The van der Waals surface area contributed by atoms with E-state index in [2.05, 4.69) is 17.2 Å². The smallest absolute Gasteiger partial charge is 0.258 e. The number of aryl methyl sites for hydroxylation is 1. The molecule has 0 saturated heterocycles. The maximum absolute atomic E-state index is 12.3. The van der Waals surface area contributed by atoms with E-state index in [0.717, 1.165) is 22.0 Å². The molecule has 0 unspecified atom stereocenters. The van der Waals surface area contributed by atoms with Crippen molar-refractivity contribution >= 4 is 35.0 Å². The zero-order valence-electron chi connectivity index (χ0n) is 10.8. The molecule has 1 aromatic heterocycles. The van der Waals surface area contributed by atoms with E-state index in [-0.39, 0.29) is 5.91 Å². The van der Waals surface area contributed by atoms with Crippen LogP contribution in [0.1, 0.15) is 22.8 Å². The predicted molar refractivity (Wildman–Crippen MR) is 81.3 cm³/mol. The quantitative estimate of drug-likeness (QED) is 0.824. The molecule has 0 radical (unpaired) electrons. The standard InChI is InChI=1S/C14H15ClN2OS/c1-3-19-14-12(9(2)8-16-14)13(18)17-11-6-4-10(15)5-7-11/h4-8,16H,3H2,1-2H3,(H,17,18). The highest BCUT2D eigenvalue weighted by atomic mass is 35.5. The molecule has 0 fully saturated rings. The molecule has 0 bridgehead atoms. The molecular weight excluding hydrogens is 280 g/mol. The van der Waals surface area contributed by atoms with Crippen LogP contribution in [0, 0.1) is 6.92 Å². The number of hydrogen-bond acceptors (Lipinski definition) is 2. The molecule has 0 aliphatic heterocycles. The number of rotatable bonds is 4. The summed E-state index contributed by atoms with van der Waals surface area (Å²) in [7, 11) is 0. The molecular formula is C14H15ClN2OS. The second kappa shape index (κ2) is 6.17. The molecule has 0 aliphatic carbocycles. The number of nitrogens with one attached hydrogen (secondary N) is 2. The maximum Gasteiger partial charge on any atom is 0.258 e. The number of carbonyl (C=O) groups excluding carboxylic acids is 1. The Morgan fingerprint density at radius 1 is 1.37 bits per heavy atom. The van der Waals surface area contributed by atoms with Gasteiger partial charge in [0.25, 0.3) is 5.91 Å². The maximum atomic E-state index is 12.3. The Morgan fingerprint density at radius 3 is 2.68 bits per heavy atom. The largest absolute Gasteiger partial charge is 0.356 e. The van der Waals surface area contributed by atoms with Crippen LogP contribution in [0.5, 0.6) is 0 Å². The molecule has 1 aromatic carbocycles. The number of H-pyrrole nitrogens is 1. The molecule has 0 spiro atoms. The van der Waals surface area contributed by atoms with E-state index in [0.29, 0.717) is 10.6 Å². The molecule has 100 valence electrons. The molecule has 3 nitrogen and oxygen atoms in total. The summed E-state index contributed by atoms with van der Waals surface area (Å²) in [4.78, 5) is 15.4. The van der Waals surface area contributed by atoms with Crippen LogP contribution in [0.25, 0.3) is 0 Å². The molecule has 1 amide bonds. The van der Waals surface area contributed by atoms with Crippen LogP contribution in [0.15, 0.2) is 35.5 Å². The highest BCUT2D eigenvalue weighted by Gasteiger charge is 2.16. The SMILES string of the molecule is CCSc1[nH]cc(C)c1C(=O)Nc1ccc(Cl)cc1. The molecule has 2 rings (SSSR count). The summed E-state index contributed by atoms with van der Waals surface area (Å²) >= 11 is 7.45. The van der Waals surface area contributed by atoms with Crippen LogP contribution >= 0.6 is 23.4 Å². The third-order valence-electron chi connectivity index (χ3n) is 2.66. The molecule has 19 heavy (non-hydrogen) atoms. The zero-order chi connectivity index (χ0) is 13.8. The topological polar surface area (TPSA) is 44.9 Å². The Morgan fingerprint density at radius 2 is 2.05 bits per heavy atom. The van der Waals surface area contributed by atoms with Gasteiger partial charge < -0.3 is 10.3 Å². The lowest BCUT2D eigenvalue weighted by Crippen LogP contribution is -2.13. The summed E-state index contributed by atoms with van der Waals surface area (Å²) in [5.41, 5.74) is 2.40. The van der Waals surface area contributed by atoms with Crippen LogP contribution in [0.3, 0.4) is 0 Å². The van der Waals surface area contributed by atoms with Gasteiger partial charge in [0, 0.05) is 16.9 Å². The van der Waals surface area contributed by atoms with Crippen molar-refractivity contribution in [1.82, 2.24) is 4.98 Å². The number of aromatic amines is 1. The average Bonchev–Trinajstić information content (AvgIpc) is 2.74. The lowest BCUT2D eigenvalue weighted by atomic mass is 10.2. The van der Waals surface area contributed by atoms with Crippen LogP contribution in [0.4, 0.5) is 5.69 Å². The van der Waals surface area contributed by atoms with E-state index in [1.54, 1.807) is 36.0 Å². The van der Waals surface area contributed by atoms with Gasteiger partial charge in [-0.05, 0) is 42.5 Å². The van der Waals surface area contributed by atoms with Crippen LogP contribution in [-0.4, -0.2) is 16.6 Å². The number of thioether (sulfide) groups is 1. The van der Waals surface area contributed by atoms with Gasteiger partial charge in [0.2, 0.25) is 0 Å². The van der Waals surface area contributed by atoms with Crippen molar-refractivity contribution in [1.29, 1.82) is 0 Å². The number of benzene rings is 1. The van der Waals surface area contributed by atoms with Gasteiger partial charge in [0.15, 0.2) is 0 Å². The molecule has 1 heterocycles. The monoisotopic (exact) mass is 294 g/mol. The molecule has 2 aromatic rings. The fourth-order valence-electron chi connectivity index (χ4n) is 1.76. The van der Waals surface area contributed by atoms with E-state index in [1.165, 1.54) is 0 Å². The Hall–Kier alpha value is -1.39. The Bertz CT molecular complexity index is 578. The van der Waals surface area contributed by atoms with Crippen molar-refractivity contribution in [3.8, 4) is 0 Å². The second-order valence-electron chi connectivity index (χ2n) is 4.07. The minimum atomic E-state index is -0.1000. The number of aromatic nitrogens is 1. The van der Waals surface area contributed by atoms with Crippen LogP contribution in [0.2, 0.25) is 5.02 Å². The minimum absolute atomic E-state index is 0.1000. The van der Waals surface area contributed by atoms with Gasteiger partial charge in [-0.1, -0.05) is 18.5 Å². The summed E-state index contributed by atoms with van der Waals surface area (Å²) in [6, 6.07) is 7.08. The second-order valence-corrected chi connectivity index (χ2v) is 5.78. The third kappa shape index (κ3) is 3.33. The first-order chi connectivity index (χ1) is 9.11. The van der Waals surface area contributed by atoms with E-state index in [1.807, 2.05) is 13.1 Å². The van der Waals surface area contributed by atoms with Crippen LogP contribution in [-0.2, 0) is 0 Å². The molecule has 0 atom stereocenters. The molecule has 5 heteroatoms. The van der Waals surface area contributed by atoms with Gasteiger partial charge >= 0.3 is 0 Å². The van der Waals surface area contributed by atoms with E-state index >= 15 is 0 Å². The van der Waals surface area contributed by atoms with Gasteiger partial charge in [0.05, 0.1) is 10.6 Å². The van der Waals surface area contributed by atoms with Crippen LogP contribution < -0.4 is 5.32 Å². The van der Waals surface area contributed by atoms with Gasteiger partial charge in [-0.3, -0.25) is 4.79 Å². The predicted octanol–water partition coefficient (Wildman–Crippen LogP) is 4.34. The fraction of sp³-hybridized carbons (Fsp3) is 0.214. The summed E-state index contributed by atoms with van der Waals surface area (Å²) in [5, 5.41) is 4.44. The van der Waals surface area contributed by atoms with Crippen molar-refractivity contribution in [2.75, 3.05) is 11.1 Å². The van der Waals surface area contributed by atoms with Crippen molar-refractivity contribution in [3.05, 3.63) is 46.6 Å². The van der Waals surface area contributed by atoms with Gasteiger partial charge in [0.1, 0.15) is 0 Å². The Labute approximate surface area is 121 Å². The summed E-state index contributed by atoms with van der Waals surface area (Å²) in [6.45, 7) is 3.98. The first-order valence-corrected chi connectivity index (χ1v) is 7.36. The first-order valence-electron chi connectivity index (χ1n) is 5.99. The van der Waals surface area contributed by atoms with E-state index in [9.17, 15) is 4.79 Å². The van der Waals surface area contributed by atoms with Crippen molar-refractivity contribution < 1.29 is 4.79 Å². The highest BCUT2D eigenvalue weighted by Crippen LogP contribution is 2.25. The van der Waals surface area contributed by atoms with Crippen molar-refractivity contribution in [2.45, 2.75) is 18.9 Å². The van der Waals surface area contributed by atoms with E-state index < -0.39 is 0 Å². The lowest BCUT2D eigenvalue weighted by molar-refractivity contribution is 0.102. The summed E-state index contributed by atoms with van der Waals surface area (Å²) in [5.74, 6) is 0.818. The normalized spacial score (nSPS) is 10.5.